The van der Waals surface area contributed by atoms with E-state index in [0.29, 0.717) is 22.4 Å². The van der Waals surface area contributed by atoms with Gasteiger partial charge in [-0.15, -0.1) is 0 Å². The molecule has 7 heteroatoms. The SMILES string of the molecule is COc1cccc(C(=O)NCC(=O)OCc2cn3ccccc3c2C#N)c1. The molecule has 0 aliphatic rings. The van der Waals surface area contributed by atoms with Crippen LogP contribution in [0, 0.1) is 11.3 Å². The van der Waals surface area contributed by atoms with Crippen LogP contribution in [0.4, 0.5) is 0 Å². The summed E-state index contributed by atoms with van der Waals surface area (Å²) in [5.41, 5.74) is 2.20. The maximum Gasteiger partial charge on any atom is 0.325 e. The molecule has 0 atom stereocenters. The summed E-state index contributed by atoms with van der Waals surface area (Å²) in [5.74, 6) is -0.446. The molecule has 7 nitrogen and oxygen atoms in total. The minimum absolute atomic E-state index is 0.0432. The molecule has 0 saturated heterocycles. The number of amides is 1. The van der Waals surface area contributed by atoms with Crippen molar-refractivity contribution in [2.45, 2.75) is 6.61 Å². The van der Waals surface area contributed by atoms with E-state index in [2.05, 4.69) is 11.4 Å². The fraction of sp³-hybridized carbons (Fsp3) is 0.150. The smallest absolute Gasteiger partial charge is 0.325 e. The molecule has 0 unspecified atom stereocenters. The normalized spacial score (nSPS) is 10.2. The zero-order valence-corrected chi connectivity index (χ0v) is 14.6. The van der Waals surface area contributed by atoms with E-state index in [0.717, 1.165) is 5.52 Å². The highest BCUT2D eigenvalue weighted by molar-refractivity contribution is 5.96. The van der Waals surface area contributed by atoms with E-state index in [1.54, 1.807) is 34.9 Å². The van der Waals surface area contributed by atoms with Crippen molar-refractivity contribution in [3.05, 3.63) is 71.5 Å². The number of benzene rings is 1. The fourth-order valence-corrected chi connectivity index (χ4v) is 2.64. The second-order valence-corrected chi connectivity index (χ2v) is 5.71. The van der Waals surface area contributed by atoms with Gasteiger partial charge in [0.2, 0.25) is 0 Å². The Hall–Kier alpha value is -3.79. The first kappa shape index (κ1) is 18.0. The van der Waals surface area contributed by atoms with E-state index >= 15 is 0 Å². The molecule has 0 aliphatic heterocycles. The number of ether oxygens (including phenoxy) is 2. The van der Waals surface area contributed by atoms with Crippen LogP contribution < -0.4 is 10.1 Å². The fourth-order valence-electron chi connectivity index (χ4n) is 2.64. The third-order valence-electron chi connectivity index (χ3n) is 3.99. The number of rotatable bonds is 6. The Morgan fingerprint density at radius 3 is 2.85 bits per heavy atom. The first-order valence-corrected chi connectivity index (χ1v) is 8.19. The first-order valence-electron chi connectivity index (χ1n) is 8.19. The Bertz CT molecular complexity index is 1030. The van der Waals surface area contributed by atoms with Crippen LogP contribution in [0.5, 0.6) is 5.75 Å². The molecule has 3 rings (SSSR count). The number of pyridine rings is 1. The van der Waals surface area contributed by atoms with Gasteiger partial charge in [0.25, 0.3) is 5.91 Å². The minimum atomic E-state index is -0.592. The standard InChI is InChI=1S/C20H17N3O4/c1-26-16-6-4-5-14(9-16)20(25)22-11-19(24)27-13-15-12-23-8-3-2-7-18(23)17(15)10-21/h2-9,12H,11,13H2,1H3,(H,22,25). The molecule has 0 spiro atoms. The van der Waals surface area contributed by atoms with Gasteiger partial charge in [0.15, 0.2) is 0 Å². The van der Waals surface area contributed by atoms with Crippen molar-refractivity contribution in [3.63, 3.8) is 0 Å². The molecule has 27 heavy (non-hydrogen) atoms. The van der Waals surface area contributed by atoms with Gasteiger partial charge in [-0.25, -0.2) is 0 Å². The van der Waals surface area contributed by atoms with Crippen LogP contribution >= 0.6 is 0 Å². The summed E-state index contributed by atoms with van der Waals surface area (Å²) >= 11 is 0. The molecule has 0 radical (unpaired) electrons. The monoisotopic (exact) mass is 363 g/mol. The molecule has 2 heterocycles. The highest BCUT2D eigenvalue weighted by Crippen LogP contribution is 2.18. The van der Waals surface area contributed by atoms with Crippen LogP contribution in [0.2, 0.25) is 0 Å². The van der Waals surface area contributed by atoms with Crippen molar-refractivity contribution < 1.29 is 19.1 Å². The molecule has 0 saturated carbocycles. The largest absolute Gasteiger partial charge is 0.497 e. The number of nitriles is 1. The zero-order chi connectivity index (χ0) is 19.2. The quantitative estimate of drug-likeness (QED) is 0.678. The molecular formula is C20H17N3O4. The predicted octanol–water partition coefficient (Wildman–Crippen LogP) is 2.29. The Kier molecular flexibility index (Phi) is 5.38. The summed E-state index contributed by atoms with van der Waals surface area (Å²) in [6.07, 6.45) is 3.56. The van der Waals surface area contributed by atoms with Crippen molar-refractivity contribution in [2.75, 3.05) is 13.7 Å². The van der Waals surface area contributed by atoms with Gasteiger partial charge >= 0.3 is 5.97 Å². The molecular weight excluding hydrogens is 346 g/mol. The van der Waals surface area contributed by atoms with Gasteiger partial charge < -0.3 is 19.2 Å². The van der Waals surface area contributed by atoms with E-state index in [1.807, 2.05) is 24.4 Å². The lowest BCUT2D eigenvalue weighted by atomic mass is 10.2. The number of carbonyl (C=O) groups excluding carboxylic acids is 2. The topological polar surface area (TPSA) is 92.8 Å². The van der Waals surface area contributed by atoms with Crippen LogP contribution in [0.15, 0.2) is 54.9 Å². The number of nitrogens with zero attached hydrogens (tertiary/aromatic N) is 2. The van der Waals surface area contributed by atoms with Gasteiger partial charge in [0, 0.05) is 23.5 Å². The number of methoxy groups -OCH3 is 1. The lowest BCUT2D eigenvalue weighted by molar-refractivity contribution is -0.143. The summed E-state index contributed by atoms with van der Waals surface area (Å²) < 4.78 is 12.1. The molecule has 1 aromatic carbocycles. The minimum Gasteiger partial charge on any atom is -0.497 e. The molecule has 0 fully saturated rings. The highest BCUT2D eigenvalue weighted by atomic mass is 16.5. The Labute approximate surface area is 155 Å². The summed E-state index contributed by atoms with van der Waals surface area (Å²) in [4.78, 5) is 24.0. The summed E-state index contributed by atoms with van der Waals surface area (Å²) in [7, 11) is 1.51. The molecule has 1 N–H and O–H groups in total. The van der Waals surface area contributed by atoms with Crippen molar-refractivity contribution in [1.29, 1.82) is 5.26 Å². The van der Waals surface area contributed by atoms with Crippen molar-refractivity contribution in [3.8, 4) is 11.8 Å². The maximum atomic E-state index is 12.1. The van der Waals surface area contributed by atoms with Crippen molar-refractivity contribution in [1.82, 2.24) is 9.72 Å². The lowest BCUT2D eigenvalue weighted by Crippen LogP contribution is -2.30. The maximum absolute atomic E-state index is 12.1. The van der Waals surface area contributed by atoms with Crippen molar-refractivity contribution >= 4 is 17.4 Å². The Morgan fingerprint density at radius 1 is 1.22 bits per heavy atom. The summed E-state index contributed by atoms with van der Waals surface area (Å²) in [6.45, 7) is -0.316. The summed E-state index contributed by atoms with van der Waals surface area (Å²) in [6, 6.07) is 14.2. The van der Waals surface area contributed by atoms with Crippen LogP contribution in [-0.2, 0) is 16.1 Å². The highest BCUT2D eigenvalue weighted by Gasteiger charge is 2.13. The molecule has 3 aromatic rings. The molecule has 136 valence electrons. The first-order chi connectivity index (χ1) is 13.1. The Balaban J connectivity index is 1.57. The van der Waals surface area contributed by atoms with E-state index in [-0.39, 0.29) is 13.2 Å². The van der Waals surface area contributed by atoms with Gasteiger partial charge in [-0.05, 0) is 30.3 Å². The van der Waals surface area contributed by atoms with Gasteiger partial charge in [0.05, 0.1) is 18.2 Å². The van der Waals surface area contributed by atoms with Crippen LogP contribution in [-0.4, -0.2) is 29.9 Å². The van der Waals surface area contributed by atoms with Gasteiger partial charge in [-0.2, -0.15) is 5.26 Å². The predicted molar refractivity (Wildman–Crippen MR) is 97.2 cm³/mol. The second-order valence-electron chi connectivity index (χ2n) is 5.71. The van der Waals surface area contributed by atoms with Gasteiger partial charge in [-0.1, -0.05) is 12.1 Å². The number of aromatic nitrogens is 1. The lowest BCUT2D eigenvalue weighted by Gasteiger charge is -2.07. The number of esters is 1. The van der Waals surface area contributed by atoms with E-state index in [1.165, 1.54) is 7.11 Å². The molecule has 1 amide bonds. The number of nitrogens with one attached hydrogen (secondary N) is 1. The second kappa shape index (κ2) is 8.06. The van der Waals surface area contributed by atoms with Crippen LogP contribution in [0.1, 0.15) is 21.5 Å². The third-order valence-corrected chi connectivity index (χ3v) is 3.99. The summed E-state index contributed by atoms with van der Waals surface area (Å²) in [5, 5.41) is 11.8. The van der Waals surface area contributed by atoms with E-state index in [9.17, 15) is 14.9 Å². The van der Waals surface area contributed by atoms with Crippen molar-refractivity contribution in [2.24, 2.45) is 0 Å². The third kappa shape index (κ3) is 4.07. The van der Waals surface area contributed by atoms with Crippen LogP contribution in [0.3, 0.4) is 0 Å². The number of hydrogen-bond donors (Lipinski definition) is 1. The number of fused-ring (bicyclic) bond motifs is 1. The molecule has 2 aromatic heterocycles. The van der Waals surface area contributed by atoms with Gasteiger partial charge in [0.1, 0.15) is 25.0 Å². The Morgan fingerprint density at radius 2 is 2.07 bits per heavy atom. The average molecular weight is 363 g/mol. The molecule has 0 aliphatic carbocycles. The average Bonchev–Trinajstić information content (AvgIpc) is 3.07. The number of hydrogen-bond acceptors (Lipinski definition) is 5. The van der Waals surface area contributed by atoms with E-state index in [4.69, 9.17) is 9.47 Å². The van der Waals surface area contributed by atoms with Crippen LogP contribution in [0.25, 0.3) is 5.52 Å². The van der Waals surface area contributed by atoms with Gasteiger partial charge in [-0.3, -0.25) is 9.59 Å². The molecule has 0 bridgehead atoms. The van der Waals surface area contributed by atoms with E-state index < -0.39 is 11.9 Å². The zero-order valence-electron chi connectivity index (χ0n) is 14.6. The number of carbonyl (C=O) groups is 2.